The number of halogens is 4. The molecule has 1 aromatic heterocycles. The fourth-order valence-electron chi connectivity index (χ4n) is 3.97. The van der Waals surface area contributed by atoms with Crippen LogP contribution in [0.25, 0.3) is 10.9 Å². The van der Waals surface area contributed by atoms with E-state index in [1.54, 1.807) is 19.1 Å². The van der Waals surface area contributed by atoms with E-state index in [-0.39, 0.29) is 23.3 Å². The molecule has 31 heavy (non-hydrogen) atoms. The van der Waals surface area contributed by atoms with E-state index in [0.717, 1.165) is 5.56 Å². The van der Waals surface area contributed by atoms with Crippen molar-refractivity contribution in [2.75, 3.05) is 12.4 Å². The van der Waals surface area contributed by atoms with Crippen LogP contribution >= 0.6 is 0 Å². The number of pyridine rings is 1. The number of epoxide rings is 1. The second kappa shape index (κ2) is 7.26. The summed E-state index contributed by atoms with van der Waals surface area (Å²) in [6, 6.07) is 7.18. The fourth-order valence-corrected chi connectivity index (χ4v) is 3.97. The standard InChI is InChI=1S/C22H20F4N2O3/c1-4-21(22(25,26)31-21)20(13-5-7-16(30-3)19(24)18(13)23)28-15-10-11(2)9-14-12(15)6-8-17(29)27-14/h5-10,20,28H,4H2,1-3H3,(H,27,29). The van der Waals surface area contributed by atoms with Gasteiger partial charge in [0.1, 0.15) is 0 Å². The Balaban J connectivity index is 1.90. The highest BCUT2D eigenvalue weighted by atomic mass is 19.3. The molecule has 2 aromatic carbocycles. The minimum absolute atomic E-state index is 0.161. The van der Waals surface area contributed by atoms with Gasteiger partial charge in [0.15, 0.2) is 17.2 Å². The molecule has 1 fully saturated rings. The van der Waals surface area contributed by atoms with Gasteiger partial charge in [0.05, 0.1) is 18.7 Å². The van der Waals surface area contributed by atoms with E-state index in [0.29, 0.717) is 16.6 Å². The van der Waals surface area contributed by atoms with Gasteiger partial charge in [-0.25, -0.2) is 4.39 Å². The van der Waals surface area contributed by atoms with Crippen molar-refractivity contribution in [2.24, 2.45) is 0 Å². The maximum absolute atomic E-state index is 15.0. The van der Waals surface area contributed by atoms with Crippen LogP contribution in [-0.2, 0) is 4.74 Å². The second-order valence-electron chi connectivity index (χ2n) is 7.52. The maximum atomic E-state index is 15.0. The van der Waals surface area contributed by atoms with Crippen molar-refractivity contribution in [3.63, 3.8) is 0 Å². The Hall–Kier alpha value is -3.07. The Morgan fingerprint density at radius 3 is 2.48 bits per heavy atom. The molecule has 2 N–H and O–H groups in total. The third-order valence-electron chi connectivity index (χ3n) is 5.64. The molecule has 164 valence electrons. The lowest BCUT2D eigenvalue weighted by atomic mass is 9.88. The molecule has 1 aliphatic rings. The van der Waals surface area contributed by atoms with Gasteiger partial charge in [-0.3, -0.25) is 9.53 Å². The molecule has 9 heteroatoms. The van der Waals surface area contributed by atoms with E-state index in [4.69, 9.17) is 9.47 Å². The first kappa shape index (κ1) is 21.2. The van der Waals surface area contributed by atoms with Crippen molar-refractivity contribution in [3.8, 4) is 5.75 Å². The van der Waals surface area contributed by atoms with E-state index in [2.05, 4.69) is 10.3 Å². The summed E-state index contributed by atoms with van der Waals surface area (Å²) in [4.78, 5) is 14.4. The summed E-state index contributed by atoms with van der Waals surface area (Å²) in [7, 11) is 1.18. The third-order valence-corrected chi connectivity index (χ3v) is 5.64. The van der Waals surface area contributed by atoms with Crippen LogP contribution < -0.4 is 15.6 Å². The zero-order valence-electron chi connectivity index (χ0n) is 17.0. The van der Waals surface area contributed by atoms with E-state index < -0.39 is 29.4 Å². The molecule has 0 spiro atoms. The van der Waals surface area contributed by atoms with Crippen LogP contribution in [0.3, 0.4) is 0 Å². The van der Waals surface area contributed by atoms with Crippen LogP contribution in [0.5, 0.6) is 5.75 Å². The van der Waals surface area contributed by atoms with Gasteiger partial charge in [-0.15, -0.1) is 0 Å². The normalized spacial score (nSPS) is 20.5. The van der Waals surface area contributed by atoms with E-state index in [1.807, 2.05) is 0 Å². The molecule has 0 amide bonds. The number of aryl methyl sites for hydroxylation is 1. The smallest absolute Gasteiger partial charge is 0.388 e. The first-order chi connectivity index (χ1) is 14.6. The van der Waals surface area contributed by atoms with Crippen molar-refractivity contribution in [1.82, 2.24) is 4.98 Å². The molecule has 2 atom stereocenters. The number of methoxy groups -OCH3 is 1. The van der Waals surface area contributed by atoms with Gasteiger partial charge >= 0.3 is 6.11 Å². The molecule has 0 aliphatic carbocycles. The highest BCUT2D eigenvalue weighted by Gasteiger charge is 2.77. The monoisotopic (exact) mass is 436 g/mol. The lowest BCUT2D eigenvalue weighted by molar-refractivity contribution is 0.000430. The first-order valence-corrected chi connectivity index (χ1v) is 9.63. The number of aromatic amines is 1. The van der Waals surface area contributed by atoms with Crippen molar-refractivity contribution in [2.45, 2.75) is 38.0 Å². The maximum Gasteiger partial charge on any atom is 0.388 e. The van der Waals surface area contributed by atoms with Crippen LogP contribution in [-0.4, -0.2) is 23.8 Å². The summed E-state index contributed by atoms with van der Waals surface area (Å²) in [5.41, 5.74) is -1.16. The zero-order valence-corrected chi connectivity index (χ0v) is 17.0. The Labute approximate surface area is 175 Å². The predicted molar refractivity (Wildman–Crippen MR) is 108 cm³/mol. The third kappa shape index (κ3) is 3.33. The quantitative estimate of drug-likeness (QED) is 0.419. The molecule has 0 bridgehead atoms. The van der Waals surface area contributed by atoms with Gasteiger partial charge in [0.25, 0.3) is 0 Å². The molecule has 1 saturated heterocycles. The van der Waals surface area contributed by atoms with Crippen LogP contribution in [0.15, 0.2) is 41.2 Å². The Morgan fingerprint density at radius 1 is 1.16 bits per heavy atom. The van der Waals surface area contributed by atoms with Crippen molar-refractivity contribution >= 4 is 16.6 Å². The molecule has 0 saturated carbocycles. The summed E-state index contributed by atoms with van der Waals surface area (Å²) < 4.78 is 67.7. The van der Waals surface area contributed by atoms with Gasteiger partial charge in [0.2, 0.25) is 11.4 Å². The summed E-state index contributed by atoms with van der Waals surface area (Å²) in [5, 5.41) is 3.47. The topological polar surface area (TPSA) is 66.7 Å². The van der Waals surface area contributed by atoms with Gasteiger partial charge < -0.3 is 15.0 Å². The number of H-pyrrole nitrogens is 1. The molecular formula is C22H20F4N2O3. The molecule has 3 aromatic rings. The van der Waals surface area contributed by atoms with Gasteiger partial charge in [0, 0.05) is 22.7 Å². The van der Waals surface area contributed by atoms with Crippen molar-refractivity contribution < 1.29 is 27.0 Å². The van der Waals surface area contributed by atoms with Gasteiger partial charge in [-0.05, 0) is 43.2 Å². The Bertz CT molecular complexity index is 1230. The van der Waals surface area contributed by atoms with Gasteiger partial charge in [-0.2, -0.15) is 13.2 Å². The Morgan fingerprint density at radius 2 is 1.87 bits per heavy atom. The number of hydrogen-bond donors (Lipinski definition) is 2. The molecule has 2 unspecified atom stereocenters. The second-order valence-corrected chi connectivity index (χ2v) is 7.52. The summed E-state index contributed by atoms with van der Waals surface area (Å²) >= 11 is 0. The fraction of sp³-hybridized carbons (Fsp3) is 0.318. The summed E-state index contributed by atoms with van der Waals surface area (Å²) in [5.74, 6) is -2.92. The van der Waals surface area contributed by atoms with E-state index in [1.165, 1.54) is 38.3 Å². The average molecular weight is 436 g/mol. The zero-order chi connectivity index (χ0) is 22.6. The number of alkyl halides is 2. The highest BCUT2D eigenvalue weighted by Crippen LogP contribution is 2.60. The van der Waals surface area contributed by atoms with Crippen LogP contribution in [0.4, 0.5) is 23.2 Å². The molecule has 2 heterocycles. The van der Waals surface area contributed by atoms with Crippen LogP contribution in [0.1, 0.15) is 30.5 Å². The van der Waals surface area contributed by atoms with Crippen LogP contribution in [0.2, 0.25) is 0 Å². The molecule has 0 radical (unpaired) electrons. The number of ether oxygens (including phenoxy) is 2. The average Bonchev–Trinajstić information content (AvgIpc) is 3.30. The SMILES string of the molecule is CCC1(C(Nc2cc(C)cc3[nH]c(=O)ccc23)c2ccc(OC)c(F)c2F)OC1(F)F. The molecular weight excluding hydrogens is 416 g/mol. The summed E-state index contributed by atoms with van der Waals surface area (Å²) in [6.45, 7) is 3.25. The van der Waals surface area contributed by atoms with Crippen molar-refractivity contribution in [3.05, 3.63) is 69.5 Å². The van der Waals surface area contributed by atoms with E-state index >= 15 is 0 Å². The Kier molecular flexibility index (Phi) is 4.96. The number of aromatic nitrogens is 1. The molecule has 4 rings (SSSR count). The predicted octanol–water partition coefficient (Wildman–Crippen LogP) is 5.05. The minimum atomic E-state index is -3.53. The lowest BCUT2D eigenvalue weighted by Gasteiger charge is -2.27. The minimum Gasteiger partial charge on any atom is -0.494 e. The number of fused-ring (bicyclic) bond motifs is 1. The number of hydrogen-bond acceptors (Lipinski definition) is 4. The highest BCUT2D eigenvalue weighted by molar-refractivity contribution is 5.92. The number of nitrogens with one attached hydrogen (secondary N) is 2. The van der Waals surface area contributed by atoms with Crippen molar-refractivity contribution in [1.29, 1.82) is 0 Å². The molecule has 5 nitrogen and oxygen atoms in total. The van der Waals surface area contributed by atoms with Gasteiger partial charge in [-0.1, -0.05) is 13.0 Å². The number of anilines is 1. The number of rotatable bonds is 6. The van der Waals surface area contributed by atoms with E-state index in [9.17, 15) is 22.4 Å². The lowest BCUT2D eigenvalue weighted by Crippen LogP contribution is -2.34. The largest absolute Gasteiger partial charge is 0.494 e. The number of benzene rings is 2. The molecule has 1 aliphatic heterocycles. The van der Waals surface area contributed by atoms with Crippen LogP contribution in [0, 0.1) is 18.6 Å². The summed E-state index contributed by atoms with van der Waals surface area (Å²) in [6.07, 6.45) is -3.69. The first-order valence-electron chi connectivity index (χ1n) is 9.63.